The van der Waals surface area contributed by atoms with Crippen LogP contribution in [0.4, 0.5) is 0 Å². The molecule has 1 aliphatic rings. The second kappa shape index (κ2) is 0.527. The topological polar surface area (TPSA) is 21.9 Å². The van der Waals surface area contributed by atoms with Crippen molar-refractivity contribution in [2.45, 2.75) is 0 Å². The van der Waals surface area contributed by atoms with Crippen LogP contribution in [0, 0.1) is 0 Å². The van der Waals surface area contributed by atoms with Crippen LogP contribution in [0.3, 0.4) is 0 Å². The van der Waals surface area contributed by atoms with Crippen molar-refractivity contribution in [2.75, 3.05) is 0 Å². The Morgan fingerprint density at radius 1 is 2.00 bits per heavy atom. The average Bonchev–Trinajstić information content (AvgIpc) is 1.75. The molecule has 4 radical (unpaired) electrons. The molecular weight excluding hydrogens is 82.2 g/mol. The highest BCUT2D eigenvalue weighted by Crippen LogP contribution is 1.65. The summed E-state index contributed by atoms with van der Waals surface area (Å²) in [5, 5.41) is 0. The van der Waals surface area contributed by atoms with Crippen molar-refractivity contribution < 1.29 is 0 Å². The van der Waals surface area contributed by atoms with Crippen molar-refractivity contribution in [1.29, 1.82) is 0 Å². The fourth-order valence-electron chi connectivity index (χ4n) is 0.0312. The first kappa shape index (κ1) is 2.35. The van der Waals surface area contributed by atoms with Crippen molar-refractivity contribution in [2.24, 2.45) is 0 Å². The molecule has 0 aromatic carbocycles. The van der Waals surface area contributed by atoms with Crippen LogP contribution >= 0.6 is 0 Å². The number of hydrogen-bond acceptors (Lipinski definition) is 1. The fourth-order valence-corrected chi connectivity index (χ4v) is 0.281. The highest BCUT2D eigenvalue weighted by Gasteiger charge is 2.05. The maximum atomic E-state index is 3.24. The van der Waals surface area contributed by atoms with Crippen molar-refractivity contribution in [3.8, 4) is 0 Å². The van der Waals surface area contributed by atoms with Gasteiger partial charge < -0.3 is 4.98 Å². The van der Waals surface area contributed by atoms with Gasteiger partial charge in [-0.1, -0.05) is 0 Å². The van der Waals surface area contributed by atoms with Gasteiger partial charge in [-0.25, -0.2) is 0 Å². The Morgan fingerprint density at radius 2 is 2.25 bits per heavy atom. The lowest BCUT2D eigenvalue weighted by atomic mass is 11.6. The van der Waals surface area contributed by atoms with Gasteiger partial charge in [-0.15, -0.1) is 0 Å². The third-order valence-electron chi connectivity index (χ3n) is 0.250. The molecule has 3 heteroatoms. The molecule has 1 fully saturated rings. The predicted molar refractivity (Wildman–Crippen MR) is 19.7 cm³/mol. The molecule has 0 saturated carbocycles. The summed E-state index contributed by atoms with van der Waals surface area (Å²) >= 11 is 0. The Balaban J connectivity index is 2.60. The van der Waals surface area contributed by atoms with Gasteiger partial charge in [-0.3, -0.25) is 0 Å². The van der Waals surface area contributed by atoms with Gasteiger partial charge in [0.1, 0.15) is 0 Å². The molecule has 0 amide bonds. The molecule has 0 bridgehead atoms. The van der Waals surface area contributed by atoms with Gasteiger partial charge >= 0.3 is 0 Å². The van der Waals surface area contributed by atoms with Gasteiger partial charge in [-0.05, 0) is 4.92 Å². The summed E-state index contributed by atoms with van der Waals surface area (Å²) in [6.07, 6.45) is 0. The van der Waals surface area contributed by atoms with Gasteiger partial charge in [0, 0.05) is 0 Å². The van der Waals surface area contributed by atoms with Crippen LogP contribution in [-0.2, 0) is 0 Å². The summed E-state index contributed by atoms with van der Waals surface area (Å²) in [5.74, 6) is 0. The molecule has 0 unspecified atom stereocenters. The van der Waals surface area contributed by atoms with Crippen molar-refractivity contribution in [3.05, 3.63) is 0 Å². The van der Waals surface area contributed by atoms with E-state index in [0.29, 0.717) is 0 Å². The van der Waals surface area contributed by atoms with Crippen LogP contribution in [0.15, 0.2) is 0 Å². The molecule has 0 spiro atoms. The standard InChI is InChI=1S/CHNSi2/c3-1-2-4-1/h2H. The fraction of sp³-hybridized carbons (Fsp3) is 0. The summed E-state index contributed by atoms with van der Waals surface area (Å²) in [5.41, 5.74) is 0. The first-order chi connectivity index (χ1) is 1.89. The van der Waals surface area contributed by atoms with E-state index in [-0.39, 0.29) is 0 Å². The van der Waals surface area contributed by atoms with Gasteiger partial charge in [0.15, 0.2) is 0 Å². The molecule has 1 aliphatic heterocycles. The maximum Gasteiger partial charge on any atom is 0.229 e. The van der Waals surface area contributed by atoms with Gasteiger partial charge in [0.2, 0.25) is 9.68 Å². The first-order valence-electron chi connectivity index (χ1n) is 1.00. The van der Waals surface area contributed by atoms with E-state index in [1.165, 1.54) is 4.92 Å². The molecule has 1 heterocycles. The Hall–Kier alpha value is 0.104. The minimum absolute atomic E-state index is 0.887. The van der Waals surface area contributed by atoms with E-state index in [0.717, 1.165) is 9.68 Å². The van der Waals surface area contributed by atoms with E-state index in [2.05, 4.69) is 14.8 Å². The lowest BCUT2D eigenvalue weighted by Crippen LogP contribution is -1.69. The van der Waals surface area contributed by atoms with Crippen LogP contribution in [0.25, 0.3) is 0 Å². The Morgan fingerprint density at radius 3 is 2.25 bits per heavy atom. The number of rotatable bonds is 0. The molecule has 18 valence electrons. The minimum atomic E-state index is 0.887. The molecule has 0 aromatic rings. The SMILES string of the molecule is [Si]=C1N[Si]1. The van der Waals surface area contributed by atoms with E-state index in [1.54, 1.807) is 0 Å². The van der Waals surface area contributed by atoms with E-state index in [1.807, 2.05) is 0 Å². The lowest BCUT2D eigenvalue weighted by Gasteiger charge is -1.39. The summed E-state index contributed by atoms with van der Waals surface area (Å²) in [6.45, 7) is 0. The lowest BCUT2D eigenvalue weighted by molar-refractivity contribution is 1.73. The highest BCUT2D eigenvalue weighted by molar-refractivity contribution is 7.01. The van der Waals surface area contributed by atoms with Crippen LogP contribution in [0.5, 0.6) is 0 Å². The van der Waals surface area contributed by atoms with E-state index in [9.17, 15) is 0 Å². The van der Waals surface area contributed by atoms with E-state index in [4.69, 9.17) is 0 Å². The predicted octanol–water partition coefficient (Wildman–Crippen LogP) is -1.54. The highest BCUT2D eigenvalue weighted by atomic mass is 28.2. The Kier molecular flexibility index (Phi) is 0.309. The third-order valence-corrected chi connectivity index (χ3v) is 1.50. The molecule has 0 atom stereocenters. The molecule has 1 rings (SSSR count). The average molecular weight is 83.2 g/mol. The van der Waals surface area contributed by atoms with Gasteiger partial charge in [0.05, 0.1) is 9.85 Å². The largest absolute Gasteiger partial charge is 0.417 e. The molecular formula is CHNSi2. The van der Waals surface area contributed by atoms with Crippen LogP contribution in [-0.4, -0.2) is 24.5 Å². The molecule has 0 aliphatic carbocycles. The summed E-state index contributed by atoms with van der Waals surface area (Å²) in [6, 6.07) is 0. The van der Waals surface area contributed by atoms with Crippen molar-refractivity contribution in [3.63, 3.8) is 0 Å². The zero-order valence-corrected chi connectivity index (χ0v) is 4.00. The normalized spacial score (nSPS) is 19.5. The molecule has 1 saturated heterocycles. The van der Waals surface area contributed by atoms with Gasteiger partial charge in [0.25, 0.3) is 0 Å². The summed E-state index contributed by atoms with van der Waals surface area (Å²) < 4.78 is 0. The Labute approximate surface area is 30.3 Å². The zero-order chi connectivity index (χ0) is 2.99. The number of nitrogens with one attached hydrogen (secondary N) is 1. The minimum Gasteiger partial charge on any atom is -0.417 e. The Bertz CT molecular complexity index is 44.0. The maximum absolute atomic E-state index is 3.24. The molecule has 1 N–H and O–H groups in total. The molecule has 4 heavy (non-hydrogen) atoms. The van der Waals surface area contributed by atoms with Crippen LogP contribution in [0.1, 0.15) is 0 Å². The summed E-state index contributed by atoms with van der Waals surface area (Å²) in [4.78, 5) is 4.21. The van der Waals surface area contributed by atoms with E-state index < -0.39 is 0 Å². The van der Waals surface area contributed by atoms with Crippen molar-refractivity contribution in [1.82, 2.24) is 4.98 Å². The quantitative estimate of drug-likeness (QED) is 0.278. The summed E-state index contributed by atoms with van der Waals surface area (Å²) in [7, 11) is 4.13. The van der Waals surface area contributed by atoms with Crippen LogP contribution < -0.4 is 4.98 Å². The van der Waals surface area contributed by atoms with Crippen LogP contribution in [0.2, 0.25) is 0 Å². The zero-order valence-electron chi connectivity index (χ0n) is 2.00. The second-order valence-corrected chi connectivity index (χ2v) is 2.62. The van der Waals surface area contributed by atoms with Gasteiger partial charge in [-0.2, -0.15) is 0 Å². The molecule has 0 aromatic heterocycles. The third kappa shape index (κ3) is 0.266. The monoisotopic (exact) mass is 83.0 g/mol. The van der Waals surface area contributed by atoms with E-state index >= 15 is 0 Å². The first-order valence-corrected chi connectivity index (χ1v) is 2.50. The van der Waals surface area contributed by atoms with Crippen molar-refractivity contribution >= 4 is 24.5 Å². The number of hydrogen-bond donors (Lipinski definition) is 1. The smallest absolute Gasteiger partial charge is 0.229 e. The second-order valence-electron chi connectivity index (χ2n) is 0.625. The molecule has 1 nitrogen and oxygen atoms in total.